The van der Waals surface area contributed by atoms with E-state index in [1.807, 2.05) is 43.5 Å². The zero-order valence-corrected chi connectivity index (χ0v) is 20.4. The van der Waals surface area contributed by atoms with Gasteiger partial charge in [0.05, 0.1) is 22.3 Å². The Morgan fingerprint density at radius 1 is 1.06 bits per heavy atom. The summed E-state index contributed by atoms with van der Waals surface area (Å²) in [6.45, 7) is 6.24. The van der Waals surface area contributed by atoms with Gasteiger partial charge in [0.25, 0.3) is 0 Å². The number of sulfonamides is 1. The summed E-state index contributed by atoms with van der Waals surface area (Å²) < 4.78 is 33.2. The number of aromatic nitrogens is 2. The highest BCUT2D eigenvalue weighted by atomic mass is 32.2. The molecule has 0 saturated heterocycles. The molecular weight excluding hydrogens is 442 g/mol. The average Bonchev–Trinajstić information content (AvgIpc) is 3.14. The Kier molecular flexibility index (Phi) is 7.34. The quantitative estimate of drug-likeness (QED) is 0.349. The molecule has 1 aromatic heterocycles. The van der Waals surface area contributed by atoms with Gasteiger partial charge in [0, 0.05) is 32.6 Å². The predicted molar refractivity (Wildman–Crippen MR) is 126 cm³/mol. The standard InChI is InChI=1S/C24H29N3O5S/c1-6-27-21-10-9-18(33(30,31)26(4)5)14-20(21)25-23(27)15-32-24(29)12-11-22(28)19-13-16(2)7-8-17(19)3/h7-10,13-14H,6,11-12,15H2,1-5H3. The van der Waals surface area contributed by atoms with Gasteiger partial charge in [-0.05, 0) is 50.6 Å². The Hall–Kier alpha value is -3.04. The van der Waals surface area contributed by atoms with E-state index < -0.39 is 16.0 Å². The van der Waals surface area contributed by atoms with Gasteiger partial charge in [-0.1, -0.05) is 17.7 Å². The smallest absolute Gasteiger partial charge is 0.306 e. The van der Waals surface area contributed by atoms with Crippen LogP contribution in [0.3, 0.4) is 0 Å². The van der Waals surface area contributed by atoms with Crippen LogP contribution in [0.15, 0.2) is 41.3 Å². The van der Waals surface area contributed by atoms with Gasteiger partial charge in [-0.25, -0.2) is 17.7 Å². The van der Waals surface area contributed by atoms with Gasteiger partial charge in [0.2, 0.25) is 10.0 Å². The van der Waals surface area contributed by atoms with Crippen LogP contribution in [0.1, 0.15) is 47.1 Å². The summed E-state index contributed by atoms with van der Waals surface area (Å²) in [5.74, 6) is -0.0658. The summed E-state index contributed by atoms with van der Waals surface area (Å²) in [4.78, 5) is 29.4. The SMILES string of the molecule is CCn1c(COC(=O)CCC(=O)c2cc(C)ccc2C)nc2cc(S(=O)(=O)N(C)C)ccc21. The number of ether oxygens (including phenoxy) is 1. The first-order valence-corrected chi connectivity index (χ1v) is 12.2. The van der Waals surface area contributed by atoms with Crippen molar-refractivity contribution in [2.24, 2.45) is 0 Å². The second-order valence-corrected chi connectivity index (χ2v) is 10.3. The lowest BCUT2D eigenvalue weighted by atomic mass is 9.99. The molecule has 0 radical (unpaired) electrons. The fourth-order valence-corrected chi connectivity index (χ4v) is 4.52. The van der Waals surface area contributed by atoms with Crippen LogP contribution in [-0.2, 0) is 32.7 Å². The van der Waals surface area contributed by atoms with Crippen molar-refractivity contribution < 1.29 is 22.7 Å². The summed E-state index contributed by atoms with van der Waals surface area (Å²) in [6.07, 6.45) is 0.0445. The van der Waals surface area contributed by atoms with E-state index in [2.05, 4.69) is 4.98 Å². The number of esters is 1. The number of rotatable bonds is 9. The van der Waals surface area contributed by atoms with E-state index in [0.29, 0.717) is 23.4 Å². The first kappa shape index (κ1) is 24.6. The van der Waals surface area contributed by atoms with Crippen LogP contribution >= 0.6 is 0 Å². The lowest BCUT2D eigenvalue weighted by molar-refractivity contribution is -0.145. The monoisotopic (exact) mass is 471 g/mol. The summed E-state index contributed by atoms with van der Waals surface area (Å²) in [5, 5.41) is 0. The highest BCUT2D eigenvalue weighted by molar-refractivity contribution is 7.89. The average molecular weight is 472 g/mol. The molecule has 0 fully saturated rings. The fourth-order valence-electron chi connectivity index (χ4n) is 3.60. The third-order valence-corrected chi connectivity index (χ3v) is 7.32. The van der Waals surface area contributed by atoms with Crippen LogP contribution in [0.2, 0.25) is 0 Å². The number of ketones is 1. The minimum Gasteiger partial charge on any atom is -0.457 e. The molecule has 0 unspecified atom stereocenters. The second kappa shape index (κ2) is 9.84. The van der Waals surface area contributed by atoms with Crippen molar-refractivity contribution >= 4 is 32.8 Å². The van der Waals surface area contributed by atoms with E-state index in [9.17, 15) is 18.0 Å². The van der Waals surface area contributed by atoms with Gasteiger partial charge in [-0.2, -0.15) is 0 Å². The summed E-state index contributed by atoms with van der Waals surface area (Å²) in [6, 6.07) is 10.4. The predicted octanol–water partition coefficient (Wildman–Crippen LogP) is 3.63. The van der Waals surface area contributed by atoms with Crippen molar-refractivity contribution in [1.29, 1.82) is 0 Å². The molecule has 8 nitrogen and oxygen atoms in total. The minimum absolute atomic E-state index is 0.0240. The maximum absolute atomic E-state index is 12.5. The number of benzene rings is 2. The van der Waals surface area contributed by atoms with Crippen LogP contribution < -0.4 is 0 Å². The number of nitrogens with zero attached hydrogens (tertiary/aromatic N) is 3. The molecule has 0 aliphatic rings. The van der Waals surface area contributed by atoms with E-state index in [4.69, 9.17) is 4.74 Å². The molecule has 0 saturated carbocycles. The zero-order chi connectivity index (χ0) is 24.3. The molecule has 3 rings (SSSR count). The van der Waals surface area contributed by atoms with E-state index in [-0.39, 0.29) is 30.1 Å². The van der Waals surface area contributed by atoms with E-state index in [1.165, 1.54) is 20.2 Å². The van der Waals surface area contributed by atoms with Gasteiger partial charge >= 0.3 is 5.97 Å². The Morgan fingerprint density at radius 2 is 1.79 bits per heavy atom. The van der Waals surface area contributed by atoms with Crippen LogP contribution in [0.5, 0.6) is 0 Å². The highest BCUT2D eigenvalue weighted by Crippen LogP contribution is 2.23. The Balaban J connectivity index is 1.69. The number of hydrogen-bond acceptors (Lipinski definition) is 6. The molecule has 0 atom stereocenters. The maximum atomic E-state index is 12.5. The largest absolute Gasteiger partial charge is 0.457 e. The maximum Gasteiger partial charge on any atom is 0.306 e. The zero-order valence-electron chi connectivity index (χ0n) is 19.6. The third kappa shape index (κ3) is 5.31. The molecule has 176 valence electrons. The molecular formula is C24H29N3O5S. The topological polar surface area (TPSA) is 98.6 Å². The number of carbonyl (C=O) groups excluding carboxylic acids is 2. The molecule has 33 heavy (non-hydrogen) atoms. The molecule has 0 aliphatic carbocycles. The summed E-state index contributed by atoms with van der Waals surface area (Å²) in [5.41, 5.74) is 3.76. The van der Waals surface area contributed by atoms with Crippen molar-refractivity contribution in [3.63, 3.8) is 0 Å². The van der Waals surface area contributed by atoms with Crippen LogP contribution in [0.25, 0.3) is 11.0 Å². The number of imidazole rings is 1. The highest BCUT2D eigenvalue weighted by Gasteiger charge is 2.20. The number of fused-ring (bicyclic) bond motifs is 1. The fraction of sp³-hybridized carbons (Fsp3) is 0.375. The number of carbonyl (C=O) groups is 2. The molecule has 0 N–H and O–H groups in total. The number of Topliss-reactive ketones (excluding diaryl/α,β-unsaturated/α-hetero) is 1. The molecule has 2 aromatic carbocycles. The van der Waals surface area contributed by atoms with Gasteiger partial charge < -0.3 is 9.30 Å². The van der Waals surface area contributed by atoms with Crippen molar-refractivity contribution in [2.75, 3.05) is 14.1 Å². The Morgan fingerprint density at radius 3 is 2.45 bits per heavy atom. The van der Waals surface area contributed by atoms with Crippen LogP contribution in [0.4, 0.5) is 0 Å². The van der Waals surface area contributed by atoms with E-state index in [0.717, 1.165) is 20.9 Å². The number of hydrogen-bond donors (Lipinski definition) is 0. The molecule has 0 amide bonds. The van der Waals surface area contributed by atoms with E-state index in [1.54, 1.807) is 12.1 Å². The number of aryl methyl sites for hydroxylation is 3. The Bertz CT molecular complexity index is 1310. The van der Waals surface area contributed by atoms with Gasteiger partial charge in [-0.3, -0.25) is 9.59 Å². The van der Waals surface area contributed by atoms with Crippen molar-refractivity contribution in [3.05, 3.63) is 58.9 Å². The normalized spacial score (nSPS) is 11.8. The summed E-state index contributed by atoms with van der Waals surface area (Å²) >= 11 is 0. The molecule has 9 heteroatoms. The third-order valence-electron chi connectivity index (χ3n) is 5.51. The lowest BCUT2D eigenvalue weighted by Gasteiger charge is -2.11. The lowest BCUT2D eigenvalue weighted by Crippen LogP contribution is -2.22. The van der Waals surface area contributed by atoms with Crippen LogP contribution in [-0.4, -0.2) is 48.1 Å². The van der Waals surface area contributed by atoms with Crippen molar-refractivity contribution in [3.8, 4) is 0 Å². The molecule has 3 aromatic rings. The Labute approximate surface area is 194 Å². The minimum atomic E-state index is -3.58. The second-order valence-electron chi connectivity index (χ2n) is 8.11. The first-order chi connectivity index (χ1) is 15.5. The molecule has 0 aliphatic heterocycles. The molecule has 0 bridgehead atoms. The first-order valence-electron chi connectivity index (χ1n) is 10.7. The van der Waals surface area contributed by atoms with Gasteiger partial charge in [0.1, 0.15) is 12.4 Å². The van der Waals surface area contributed by atoms with Crippen molar-refractivity contribution in [1.82, 2.24) is 13.9 Å². The molecule has 0 spiro atoms. The van der Waals surface area contributed by atoms with Gasteiger partial charge in [0.15, 0.2) is 5.78 Å². The molecule has 1 heterocycles. The summed E-state index contributed by atoms with van der Waals surface area (Å²) in [7, 11) is -0.637. The van der Waals surface area contributed by atoms with Gasteiger partial charge in [-0.15, -0.1) is 0 Å². The van der Waals surface area contributed by atoms with Crippen LogP contribution in [0, 0.1) is 13.8 Å². The van der Waals surface area contributed by atoms with Crippen molar-refractivity contribution in [2.45, 2.75) is 51.7 Å². The van der Waals surface area contributed by atoms with E-state index >= 15 is 0 Å².